The Balaban J connectivity index is 2.49. The van der Waals surface area contributed by atoms with Gasteiger partial charge in [0.15, 0.2) is 11.5 Å². The maximum atomic E-state index is 13.3. The molecule has 7 heteroatoms. The van der Waals surface area contributed by atoms with E-state index in [1.54, 1.807) is 0 Å². The summed E-state index contributed by atoms with van der Waals surface area (Å²) in [6, 6.07) is 2.18. The van der Waals surface area contributed by atoms with Crippen LogP contribution in [0.5, 0.6) is 11.5 Å². The molecule has 1 heterocycles. The molecular weight excluding hydrogens is 275 g/mol. The molecule has 1 aliphatic heterocycles. The predicted octanol–water partition coefficient (Wildman–Crippen LogP) is 1.95. The summed E-state index contributed by atoms with van der Waals surface area (Å²) < 4.78 is 50.3. The summed E-state index contributed by atoms with van der Waals surface area (Å²) in [5.41, 5.74) is 2.05. The Morgan fingerprint density at radius 3 is 2.40 bits per heavy atom. The molecular formula is C13H16F3NO3. The van der Waals surface area contributed by atoms with Gasteiger partial charge in [-0.25, -0.2) is 0 Å². The van der Waals surface area contributed by atoms with Crippen LogP contribution in [0.1, 0.15) is 18.9 Å². The van der Waals surface area contributed by atoms with E-state index in [0.717, 1.165) is 12.1 Å². The number of hydrogen-bond donors (Lipinski definition) is 2. The summed E-state index contributed by atoms with van der Waals surface area (Å²) in [5, 5.41) is 10.1. The second-order valence-electron chi connectivity index (χ2n) is 4.64. The summed E-state index contributed by atoms with van der Waals surface area (Å²) in [5.74, 6) is 0.536. The smallest absolute Gasteiger partial charge is 0.423 e. The lowest BCUT2D eigenvalue weighted by Gasteiger charge is -2.36. The van der Waals surface area contributed by atoms with Crippen molar-refractivity contribution >= 4 is 0 Å². The van der Waals surface area contributed by atoms with Crippen LogP contribution >= 0.6 is 0 Å². The summed E-state index contributed by atoms with van der Waals surface area (Å²) in [6.45, 7) is 2.07. The minimum atomic E-state index is -4.88. The molecule has 0 spiro atoms. The summed E-state index contributed by atoms with van der Waals surface area (Å²) in [4.78, 5) is 0. The normalized spacial score (nSPS) is 19.3. The standard InChI is InChI=1S/C13H16F3NO3/c1-2-11(17)12(18,13(14,15)16)8-3-4-9-10(7-8)20-6-5-19-9/h3-4,7,11,18H,2,5-6,17H2,1H3. The number of rotatable bonds is 3. The first-order valence-corrected chi connectivity index (χ1v) is 6.25. The first-order valence-electron chi connectivity index (χ1n) is 6.25. The second kappa shape index (κ2) is 5.14. The summed E-state index contributed by atoms with van der Waals surface area (Å²) in [6.07, 6.45) is -4.91. The molecule has 3 N–H and O–H groups in total. The van der Waals surface area contributed by atoms with E-state index >= 15 is 0 Å². The van der Waals surface area contributed by atoms with Crippen molar-refractivity contribution in [1.82, 2.24) is 0 Å². The number of alkyl halides is 3. The fourth-order valence-electron chi connectivity index (χ4n) is 2.16. The molecule has 0 aliphatic carbocycles. The van der Waals surface area contributed by atoms with E-state index in [2.05, 4.69) is 0 Å². The molecule has 20 heavy (non-hydrogen) atoms. The van der Waals surface area contributed by atoms with Gasteiger partial charge in [0, 0.05) is 6.04 Å². The van der Waals surface area contributed by atoms with Crippen LogP contribution in [0.3, 0.4) is 0 Å². The number of ether oxygens (including phenoxy) is 2. The van der Waals surface area contributed by atoms with Gasteiger partial charge in [0.2, 0.25) is 5.60 Å². The molecule has 2 unspecified atom stereocenters. The number of fused-ring (bicyclic) bond motifs is 1. The van der Waals surface area contributed by atoms with E-state index in [4.69, 9.17) is 15.2 Å². The van der Waals surface area contributed by atoms with Gasteiger partial charge in [0.1, 0.15) is 13.2 Å². The highest BCUT2D eigenvalue weighted by molar-refractivity contribution is 5.46. The van der Waals surface area contributed by atoms with Gasteiger partial charge in [-0.3, -0.25) is 0 Å². The minimum Gasteiger partial charge on any atom is -0.486 e. The van der Waals surface area contributed by atoms with E-state index < -0.39 is 17.8 Å². The van der Waals surface area contributed by atoms with Crippen LogP contribution in [0.25, 0.3) is 0 Å². The zero-order chi connectivity index (χ0) is 15.0. The second-order valence-corrected chi connectivity index (χ2v) is 4.64. The van der Waals surface area contributed by atoms with Crippen LogP contribution in [0, 0.1) is 0 Å². The Morgan fingerprint density at radius 1 is 1.25 bits per heavy atom. The molecule has 1 aliphatic rings. The number of nitrogens with two attached hydrogens (primary N) is 1. The van der Waals surface area contributed by atoms with Crippen molar-refractivity contribution in [3.63, 3.8) is 0 Å². The summed E-state index contributed by atoms with van der Waals surface area (Å²) in [7, 11) is 0. The molecule has 0 saturated carbocycles. The molecule has 4 nitrogen and oxygen atoms in total. The quantitative estimate of drug-likeness (QED) is 0.893. The first-order chi connectivity index (χ1) is 9.30. The van der Waals surface area contributed by atoms with Crippen molar-refractivity contribution in [2.24, 2.45) is 5.73 Å². The third-order valence-electron chi connectivity index (χ3n) is 3.39. The average Bonchev–Trinajstić information content (AvgIpc) is 2.43. The fraction of sp³-hybridized carbons (Fsp3) is 0.538. The Bertz CT molecular complexity index is 492. The van der Waals surface area contributed by atoms with Crippen LogP contribution in [0.4, 0.5) is 13.2 Å². The van der Waals surface area contributed by atoms with Crippen molar-refractivity contribution in [2.75, 3.05) is 13.2 Å². The van der Waals surface area contributed by atoms with Gasteiger partial charge in [-0.15, -0.1) is 0 Å². The van der Waals surface area contributed by atoms with Crippen LogP contribution in [0.15, 0.2) is 18.2 Å². The van der Waals surface area contributed by atoms with Crippen LogP contribution < -0.4 is 15.2 Å². The lowest BCUT2D eigenvalue weighted by molar-refractivity contribution is -0.274. The lowest BCUT2D eigenvalue weighted by atomic mass is 9.84. The van der Waals surface area contributed by atoms with Crippen LogP contribution in [-0.2, 0) is 5.60 Å². The highest BCUT2D eigenvalue weighted by Gasteiger charge is 2.58. The zero-order valence-corrected chi connectivity index (χ0v) is 10.9. The van der Waals surface area contributed by atoms with Crippen molar-refractivity contribution < 1.29 is 27.8 Å². The molecule has 112 valence electrons. The third-order valence-corrected chi connectivity index (χ3v) is 3.39. The number of hydrogen-bond acceptors (Lipinski definition) is 4. The van der Waals surface area contributed by atoms with Crippen molar-refractivity contribution in [2.45, 2.75) is 31.2 Å². The number of benzene rings is 1. The van der Waals surface area contributed by atoms with Gasteiger partial charge in [-0.05, 0) is 24.1 Å². The van der Waals surface area contributed by atoms with E-state index in [0.29, 0.717) is 12.4 Å². The van der Waals surface area contributed by atoms with Gasteiger partial charge in [-0.1, -0.05) is 13.0 Å². The van der Waals surface area contributed by atoms with Crippen molar-refractivity contribution in [3.8, 4) is 11.5 Å². The molecule has 0 saturated heterocycles. The maximum absolute atomic E-state index is 13.3. The monoisotopic (exact) mass is 291 g/mol. The van der Waals surface area contributed by atoms with Gasteiger partial charge in [0.25, 0.3) is 0 Å². The fourth-order valence-corrected chi connectivity index (χ4v) is 2.16. The van der Waals surface area contributed by atoms with E-state index in [1.807, 2.05) is 0 Å². The molecule has 0 aromatic heterocycles. The molecule has 2 atom stereocenters. The Morgan fingerprint density at radius 2 is 1.85 bits per heavy atom. The highest BCUT2D eigenvalue weighted by atomic mass is 19.4. The molecule has 1 aromatic carbocycles. The van der Waals surface area contributed by atoms with Crippen molar-refractivity contribution in [1.29, 1.82) is 0 Å². The molecule has 0 radical (unpaired) electrons. The Kier molecular flexibility index (Phi) is 3.84. The van der Waals surface area contributed by atoms with Crippen LogP contribution in [-0.4, -0.2) is 30.5 Å². The van der Waals surface area contributed by atoms with Gasteiger partial charge >= 0.3 is 6.18 Å². The van der Waals surface area contributed by atoms with Gasteiger partial charge in [0.05, 0.1) is 0 Å². The molecule has 0 amide bonds. The Hall–Kier alpha value is -1.47. The predicted molar refractivity (Wildman–Crippen MR) is 65.7 cm³/mol. The third kappa shape index (κ3) is 2.31. The van der Waals surface area contributed by atoms with E-state index in [9.17, 15) is 18.3 Å². The largest absolute Gasteiger partial charge is 0.486 e. The molecule has 2 rings (SSSR count). The van der Waals surface area contributed by atoms with E-state index in [1.165, 1.54) is 13.0 Å². The number of halogens is 3. The maximum Gasteiger partial charge on any atom is 0.423 e. The van der Waals surface area contributed by atoms with Gasteiger partial charge < -0.3 is 20.3 Å². The van der Waals surface area contributed by atoms with Crippen LogP contribution in [0.2, 0.25) is 0 Å². The minimum absolute atomic E-state index is 0.0234. The Labute approximate surface area is 114 Å². The highest BCUT2D eigenvalue weighted by Crippen LogP contribution is 2.44. The summed E-state index contributed by atoms with van der Waals surface area (Å²) >= 11 is 0. The zero-order valence-electron chi connectivity index (χ0n) is 10.9. The SMILES string of the molecule is CCC(N)C(O)(c1ccc2c(c1)OCCO2)C(F)(F)F. The van der Waals surface area contributed by atoms with Crippen molar-refractivity contribution in [3.05, 3.63) is 23.8 Å². The molecule has 0 bridgehead atoms. The first kappa shape index (κ1) is 14.9. The average molecular weight is 291 g/mol. The molecule has 0 fully saturated rings. The lowest BCUT2D eigenvalue weighted by Crippen LogP contribution is -2.55. The van der Waals surface area contributed by atoms with Gasteiger partial charge in [-0.2, -0.15) is 13.2 Å². The topological polar surface area (TPSA) is 64.7 Å². The van der Waals surface area contributed by atoms with E-state index in [-0.39, 0.29) is 24.3 Å². The molecule has 1 aromatic rings. The number of aliphatic hydroxyl groups is 1.